The number of phenols is 1. The Kier molecular flexibility index (Phi) is 12.8. The lowest BCUT2D eigenvalue weighted by Gasteiger charge is -2.11. The molecule has 8 nitrogen and oxygen atoms in total. The van der Waals surface area contributed by atoms with E-state index in [0.29, 0.717) is 28.3 Å². The number of phenolic OH excluding ortho intramolecular Hbond substituents is 1. The van der Waals surface area contributed by atoms with Gasteiger partial charge in [0.25, 0.3) is 11.8 Å². The van der Waals surface area contributed by atoms with Gasteiger partial charge in [0.05, 0.1) is 31.0 Å². The molecule has 4 rings (SSSR count). The topological polar surface area (TPSA) is 114 Å². The van der Waals surface area contributed by atoms with Gasteiger partial charge in [-0.1, -0.05) is 55.3 Å². The smallest absolute Gasteiger partial charge is 0.337 e. The Morgan fingerprint density at radius 2 is 1.29 bits per heavy atom. The first-order valence-electron chi connectivity index (χ1n) is 13.4. The first-order valence-corrected chi connectivity index (χ1v) is 13.4. The number of amides is 2. The van der Waals surface area contributed by atoms with Crippen LogP contribution >= 0.6 is 0 Å². The van der Waals surface area contributed by atoms with E-state index in [1.54, 1.807) is 43.5 Å². The molecule has 0 saturated heterocycles. The molecule has 0 spiro atoms. The number of hydrogen-bond donors (Lipinski definition) is 3. The van der Waals surface area contributed by atoms with Crippen LogP contribution in [-0.4, -0.2) is 37.1 Å². The summed E-state index contributed by atoms with van der Waals surface area (Å²) in [5, 5.41) is 15.3. The fourth-order valence-corrected chi connectivity index (χ4v) is 3.77. The zero-order valence-corrected chi connectivity index (χ0v) is 25.1. The van der Waals surface area contributed by atoms with Gasteiger partial charge in [0.1, 0.15) is 11.5 Å². The summed E-state index contributed by atoms with van der Waals surface area (Å²) in [5.41, 5.74) is 5.29. The molecule has 0 radical (unpaired) electrons. The van der Waals surface area contributed by atoms with Gasteiger partial charge in [-0.15, -0.1) is 0 Å². The van der Waals surface area contributed by atoms with Crippen LogP contribution in [0.5, 0.6) is 11.5 Å². The van der Waals surface area contributed by atoms with Crippen LogP contribution in [0.25, 0.3) is 0 Å². The average Bonchev–Trinajstić information content (AvgIpc) is 2.99. The number of aryl methyl sites for hydroxylation is 3. The number of carbonyl (C=O) groups excluding carboxylic acids is 3. The molecule has 0 aliphatic rings. The average molecular weight is 571 g/mol. The predicted molar refractivity (Wildman–Crippen MR) is 167 cm³/mol. The number of hydrogen-bond acceptors (Lipinski definition) is 6. The molecule has 8 heteroatoms. The summed E-state index contributed by atoms with van der Waals surface area (Å²) < 4.78 is 9.87. The van der Waals surface area contributed by atoms with Crippen molar-refractivity contribution in [2.75, 3.05) is 24.9 Å². The van der Waals surface area contributed by atoms with E-state index in [9.17, 15) is 19.5 Å². The van der Waals surface area contributed by atoms with Crippen LogP contribution in [0.1, 0.15) is 61.6 Å². The SMILES string of the molecule is CC.COC(=O)c1cccc(NC(=O)c2cc(C)ccc2O)c1.COc1ccc(C)cc1NC(=O)c1cccc(C)c1. The van der Waals surface area contributed by atoms with E-state index in [-0.39, 0.29) is 17.2 Å². The van der Waals surface area contributed by atoms with Crippen LogP contribution < -0.4 is 15.4 Å². The van der Waals surface area contributed by atoms with E-state index in [2.05, 4.69) is 15.4 Å². The summed E-state index contributed by atoms with van der Waals surface area (Å²) in [6.07, 6.45) is 0. The molecule has 0 bridgehead atoms. The molecule has 42 heavy (non-hydrogen) atoms. The Hall–Kier alpha value is -5.11. The summed E-state index contributed by atoms with van der Waals surface area (Å²) in [5.74, 6) is -0.496. The van der Waals surface area contributed by atoms with Crippen molar-refractivity contribution in [3.63, 3.8) is 0 Å². The highest BCUT2D eigenvalue weighted by Crippen LogP contribution is 2.26. The minimum atomic E-state index is -0.482. The lowest BCUT2D eigenvalue weighted by atomic mass is 10.1. The van der Waals surface area contributed by atoms with Gasteiger partial charge in [-0.2, -0.15) is 0 Å². The lowest BCUT2D eigenvalue weighted by Crippen LogP contribution is -2.13. The number of methoxy groups -OCH3 is 2. The number of anilines is 2. The molecule has 220 valence electrons. The van der Waals surface area contributed by atoms with Crippen LogP contribution in [-0.2, 0) is 4.74 Å². The van der Waals surface area contributed by atoms with E-state index < -0.39 is 11.9 Å². The fourth-order valence-electron chi connectivity index (χ4n) is 3.77. The molecule has 0 saturated carbocycles. The van der Waals surface area contributed by atoms with E-state index >= 15 is 0 Å². The number of aromatic hydroxyl groups is 1. The summed E-state index contributed by atoms with van der Waals surface area (Å²) in [4.78, 5) is 35.8. The highest BCUT2D eigenvalue weighted by molar-refractivity contribution is 6.07. The highest BCUT2D eigenvalue weighted by Gasteiger charge is 2.13. The van der Waals surface area contributed by atoms with Crippen molar-refractivity contribution < 1.29 is 29.0 Å². The van der Waals surface area contributed by atoms with Gasteiger partial charge in [-0.3, -0.25) is 9.59 Å². The summed E-state index contributed by atoms with van der Waals surface area (Å²) in [6.45, 7) is 9.76. The van der Waals surface area contributed by atoms with Crippen molar-refractivity contribution in [1.82, 2.24) is 0 Å². The molecule has 4 aromatic carbocycles. The molecular formula is C34H38N2O6. The van der Waals surface area contributed by atoms with Crippen molar-refractivity contribution >= 4 is 29.2 Å². The van der Waals surface area contributed by atoms with Gasteiger partial charge in [0.2, 0.25) is 0 Å². The maximum Gasteiger partial charge on any atom is 0.337 e. The molecule has 0 atom stereocenters. The Morgan fingerprint density at radius 3 is 1.95 bits per heavy atom. The zero-order chi connectivity index (χ0) is 31.2. The molecule has 0 fully saturated rings. The number of ether oxygens (including phenoxy) is 2. The third-order valence-electron chi connectivity index (χ3n) is 5.82. The quantitative estimate of drug-likeness (QED) is 0.209. The van der Waals surface area contributed by atoms with Crippen LogP contribution in [0.15, 0.2) is 84.9 Å². The van der Waals surface area contributed by atoms with Crippen LogP contribution in [0.4, 0.5) is 11.4 Å². The van der Waals surface area contributed by atoms with Crippen LogP contribution in [0.3, 0.4) is 0 Å². The van der Waals surface area contributed by atoms with Gasteiger partial charge in [-0.05, 0) is 80.9 Å². The second-order valence-corrected chi connectivity index (χ2v) is 9.07. The highest BCUT2D eigenvalue weighted by atomic mass is 16.5. The molecule has 0 unspecified atom stereocenters. The third kappa shape index (κ3) is 9.52. The van der Waals surface area contributed by atoms with E-state index in [1.165, 1.54) is 19.2 Å². The monoisotopic (exact) mass is 570 g/mol. The predicted octanol–water partition coefficient (Wildman–Crippen LogP) is 7.33. The molecule has 0 aliphatic heterocycles. The standard InChI is InChI=1S/C16H15NO4.C16H17NO2.C2H6/c1-10-6-7-14(18)13(8-10)15(19)17-12-5-3-4-11(9-12)16(20)21-2;1-11-5-4-6-13(9-11)16(18)17-14-10-12(2)7-8-15(14)19-3;1-2/h3-9,18H,1-2H3,(H,17,19);4-10H,1-3H3,(H,17,18);1-2H3. The molecule has 4 aromatic rings. The van der Waals surface area contributed by atoms with E-state index in [1.807, 2.05) is 71.0 Å². The van der Waals surface area contributed by atoms with Crippen molar-refractivity contribution in [3.8, 4) is 11.5 Å². The second kappa shape index (κ2) is 16.2. The zero-order valence-electron chi connectivity index (χ0n) is 25.1. The maximum atomic E-state index is 12.2. The molecule has 0 heterocycles. The number of esters is 1. The van der Waals surface area contributed by atoms with Crippen LogP contribution in [0.2, 0.25) is 0 Å². The third-order valence-corrected chi connectivity index (χ3v) is 5.82. The first kappa shape index (κ1) is 33.1. The van der Waals surface area contributed by atoms with E-state index in [4.69, 9.17) is 4.74 Å². The Morgan fingerprint density at radius 1 is 0.667 bits per heavy atom. The fraction of sp³-hybridized carbons (Fsp3) is 0.206. The first-order chi connectivity index (χ1) is 20.1. The Balaban J connectivity index is 0.000000278. The number of rotatable bonds is 6. The maximum absolute atomic E-state index is 12.2. The molecular weight excluding hydrogens is 532 g/mol. The Bertz CT molecular complexity index is 1530. The molecule has 0 aliphatic carbocycles. The van der Waals surface area contributed by atoms with Crippen molar-refractivity contribution in [1.29, 1.82) is 0 Å². The number of benzene rings is 4. The van der Waals surface area contributed by atoms with Gasteiger partial charge in [0, 0.05) is 11.3 Å². The number of nitrogens with one attached hydrogen (secondary N) is 2. The van der Waals surface area contributed by atoms with Crippen molar-refractivity contribution in [2.24, 2.45) is 0 Å². The minimum absolute atomic E-state index is 0.0952. The van der Waals surface area contributed by atoms with Crippen molar-refractivity contribution in [3.05, 3.63) is 118 Å². The minimum Gasteiger partial charge on any atom is -0.507 e. The lowest BCUT2D eigenvalue weighted by molar-refractivity contribution is 0.0600. The van der Waals surface area contributed by atoms with Gasteiger partial charge in [0.15, 0.2) is 0 Å². The van der Waals surface area contributed by atoms with Gasteiger partial charge >= 0.3 is 5.97 Å². The second-order valence-electron chi connectivity index (χ2n) is 9.07. The summed E-state index contributed by atoms with van der Waals surface area (Å²) >= 11 is 0. The van der Waals surface area contributed by atoms with Gasteiger partial charge < -0.3 is 25.2 Å². The molecule has 0 aromatic heterocycles. The van der Waals surface area contributed by atoms with E-state index in [0.717, 1.165) is 16.7 Å². The summed E-state index contributed by atoms with van der Waals surface area (Å²) in [7, 11) is 2.88. The summed E-state index contributed by atoms with van der Waals surface area (Å²) in [6, 6.07) is 24.3. The van der Waals surface area contributed by atoms with Crippen molar-refractivity contribution in [2.45, 2.75) is 34.6 Å². The molecule has 3 N–H and O–H groups in total. The largest absolute Gasteiger partial charge is 0.507 e. The van der Waals surface area contributed by atoms with Crippen LogP contribution in [0, 0.1) is 20.8 Å². The number of carbonyl (C=O) groups is 3. The Labute approximate surface area is 247 Å². The normalized spacial score (nSPS) is 9.69. The van der Waals surface area contributed by atoms with Gasteiger partial charge in [-0.25, -0.2) is 4.79 Å². The molecule has 2 amide bonds.